The van der Waals surface area contributed by atoms with Crippen LogP contribution in [-0.2, 0) is 10.6 Å². The second kappa shape index (κ2) is 7.46. The quantitative estimate of drug-likeness (QED) is 0.573. The summed E-state index contributed by atoms with van der Waals surface area (Å²) in [6.45, 7) is 7.34. The number of aromatic nitrogens is 1. The molecule has 0 fully saturated rings. The summed E-state index contributed by atoms with van der Waals surface area (Å²) >= 11 is 5.97. The maximum absolute atomic E-state index is 5.97. The van der Waals surface area contributed by atoms with Crippen LogP contribution in [-0.4, -0.2) is 31.3 Å². The predicted molar refractivity (Wildman–Crippen MR) is 85.7 cm³/mol. The number of pyridine rings is 1. The Morgan fingerprint density at radius 3 is 2.75 bits per heavy atom. The molecule has 0 unspecified atom stereocenters. The summed E-state index contributed by atoms with van der Waals surface area (Å²) < 4.78 is 5.46. The first-order valence-corrected chi connectivity index (χ1v) is 7.60. The van der Waals surface area contributed by atoms with Gasteiger partial charge >= 0.3 is 0 Å². The van der Waals surface area contributed by atoms with Crippen molar-refractivity contribution < 1.29 is 4.74 Å². The van der Waals surface area contributed by atoms with Gasteiger partial charge in [-0.3, -0.25) is 0 Å². The first-order chi connectivity index (χ1) is 9.80. The molecule has 0 radical (unpaired) electrons. The molecule has 0 N–H and O–H groups in total. The fraction of sp³-hybridized carbons (Fsp3) is 0.438. The molecule has 3 nitrogen and oxygen atoms in total. The SMILES string of the molecule is CCOCCN(CC)c1nc(CCl)cc2ccccc12. The monoisotopic (exact) mass is 292 g/mol. The van der Waals surface area contributed by atoms with E-state index in [2.05, 4.69) is 30.0 Å². The third-order valence-corrected chi connectivity index (χ3v) is 3.57. The van der Waals surface area contributed by atoms with Crippen LogP contribution in [0.15, 0.2) is 30.3 Å². The van der Waals surface area contributed by atoms with Crippen LogP contribution in [0.1, 0.15) is 19.5 Å². The predicted octanol–water partition coefficient (Wildman–Crippen LogP) is 3.84. The number of alkyl halides is 1. The first kappa shape index (κ1) is 15.1. The van der Waals surface area contributed by atoms with Gasteiger partial charge in [0, 0.05) is 25.1 Å². The molecule has 2 rings (SSSR count). The van der Waals surface area contributed by atoms with Gasteiger partial charge < -0.3 is 9.64 Å². The van der Waals surface area contributed by atoms with E-state index >= 15 is 0 Å². The van der Waals surface area contributed by atoms with Gasteiger partial charge in [-0.25, -0.2) is 4.98 Å². The summed E-state index contributed by atoms with van der Waals surface area (Å²) in [5.41, 5.74) is 0.912. The minimum atomic E-state index is 0.431. The summed E-state index contributed by atoms with van der Waals surface area (Å²) in [5, 5.41) is 2.35. The normalized spacial score (nSPS) is 10.9. The molecular formula is C16H21ClN2O. The molecule has 0 amide bonds. The molecular weight excluding hydrogens is 272 g/mol. The highest BCUT2D eigenvalue weighted by atomic mass is 35.5. The Kier molecular flexibility index (Phi) is 5.62. The highest BCUT2D eigenvalue weighted by Crippen LogP contribution is 2.26. The minimum Gasteiger partial charge on any atom is -0.380 e. The molecule has 108 valence electrons. The molecule has 0 aliphatic rings. The lowest BCUT2D eigenvalue weighted by atomic mass is 10.1. The van der Waals surface area contributed by atoms with Crippen molar-refractivity contribution in [3.63, 3.8) is 0 Å². The smallest absolute Gasteiger partial charge is 0.136 e. The lowest BCUT2D eigenvalue weighted by molar-refractivity contribution is 0.154. The molecule has 0 aliphatic heterocycles. The Morgan fingerprint density at radius 1 is 1.25 bits per heavy atom. The molecule has 1 heterocycles. The van der Waals surface area contributed by atoms with Crippen molar-refractivity contribution in [1.29, 1.82) is 0 Å². The van der Waals surface area contributed by atoms with Gasteiger partial charge in [-0.15, -0.1) is 11.6 Å². The van der Waals surface area contributed by atoms with E-state index in [1.165, 1.54) is 10.8 Å². The van der Waals surface area contributed by atoms with E-state index in [0.29, 0.717) is 12.5 Å². The second-order valence-electron chi connectivity index (χ2n) is 4.57. The van der Waals surface area contributed by atoms with Crippen molar-refractivity contribution >= 4 is 28.2 Å². The number of hydrogen-bond donors (Lipinski definition) is 0. The van der Waals surface area contributed by atoms with Crippen LogP contribution >= 0.6 is 11.6 Å². The Labute approximate surface area is 125 Å². The van der Waals surface area contributed by atoms with Crippen molar-refractivity contribution in [3.05, 3.63) is 36.0 Å². The maximum atomic E-state index is 5.97. The van der Waals surface area contributed by atoms with Crippen molar-refractivity contribution in [2.45, 2.75) is 19.7 Å². The Bertz CT molecular complexity index is 559. The molecule has 1 aromatic heterocycles. The summed E-state index contributed by atoms with van der Waals surface area (Å²) in [5.74, 6) is 1.43. The number of anilines is 1. The van der Waals surface area contributed by atoms with E-state index < -0.39 is 0 Å². The zero-order chi connectivity index (χ0) is 14.4. The van der Waals surface area contributed by atoms with Crippen molar-refractivity contribution in [1.82, 2.24) is 4.98 Å². The topological polar surface area (TPSA) is 25.4 Å². The minimum absolute atomic E-state index is 0.431. The number of likely N-dealkylation sites (N-methyl/N-ethyl adjacent to an activating group) is 1. The fourth-order valence-corrected chi connectivity index (χ4v) is 2.41. The molecule has 0 aliphatic carbocycles. The zero-order valence-electron chi connectivity index (χ0n) is 12.1. The number of ether oxygens (including phenoxy) is 1. The van der Waals surface area contributed by atoms with E-state index in [0.717, 1.165) is 31.2 Å². The van der Waals surface area contributed by atoms with E-state index in [-0.39, 0.29) is 0 Å². The molecule has 0 saturated carbocycles. The average molecular weight is 293 g/mol. The number of halogens is 1. The Balaban J connectivity index is 2.38. The van der Waals surface area contributed by atoms with Crippen molar-refractivity contribution in [2.75, 3.05) is 31.2 Å². The van der Waals surface area contributed by atoms with Crippen LogP contribution in [0.5, 0.6) is 0 Å². The molecule has 1 aromatic carbocycles. The summed E-state index contributed by atoms with van der Waals surface area (Å²) in [4.78, 5) is 6.95. The van der Waals surface area contributed by atoms with E-state index in [1.807, 2.05) is 19.1 Å². The highest BCUT2D eigenvalue weighted by Gasteiger charge is 2.11. The largest absolute Gasteiger partial charge is 0.380 e. The summed E-state index contributed by atoms with van der Waals surface area (Å²) in [7, 11) is 0. The lowest BCUT2D eigenvalue weighted by Gasteiger charge is -2.24. The van der Waals surface area contributed by atoms with Crippen LogP contribution in [0.2, 0.25) is 0 Å². The number of hydrogen-bond acceptors (Lipinski definition) is 3. The third-order valence-electron chi connectivity index (χ3n) is 3.30. The van der Waals surface area contributed by atoms with Crippen LogP contribution in [0.4, 0.5) is 5.82 Å². The Hall–Kier alpha value is -1.32. The van der Waals surface area contributed by atoms with Crippen molar-refractivity contribution in [2.24, 2.45) is 0 Å². The highest BCUT2D eigenvalue weighted by molar-refractivity contribution is 6.17. The summed E-state index contributed by atoms with van der Waals surface area (Å²) in [6, 6.07) is 10.4. The van der Waals surface area contributed by atoms with Gasteiger partial charge in [0.05, 0.1) is 18.2 Å². The number of rotatable bonds is 7. The second-order valence-corrected chi connectivity index (χ2v) is 4.84. The molecule has 4 heteroatoms. The summed E-state index contributed by atoms with van der Waals surface area (Å²) in [6.07, 6.45) is 0. The number of fused-ring (bicyclic) bond motifs is 1. The molecule has 0 spiro atoms. The zero-order valence-corrected chi connectivity index (χ0v) is 12.9. The van der Waals surface area contributed by atoms with Crippen LogP contribution in [0, 0.1) is 0 Å². The van der Waals surface area contributed by atoms with Crippen LogP contribution in [0.3, 0.4) is 0 Å². The van der Waals surface area contributed by atoms with Gasteiger partial charge in [0.15, 0.2) is 0 Å². The molecule has 0 saturated heterocycles. The van der Waals surface area contributed by atoms with Gasteiger partial charge in [-0.2, -0.15) is 0 Å². The fourth-order valence-electron chi connectivity index (χ4n) is 2.28. The number of nitrogens with zero attached hydrogens (tertiary/aromatic N) is 2. The lowest BCUT2D eigenvalue weighted by Crippen LogP contribution is -2.28. The van der Waals surface area contributed by atoms with Gasteiger partial charge in [0.2, 0.25) is 0 Å². The standard InChI is InChI=1S/C16H21ClN2O/c1-3-19(9-10-20-4-2)16-15-8-6-5-7-13(15)11-14(12-17)18-16/h5-8,11H,3-4,9-10,12H2,1-2H3. The van der Waals surface area contributed by atoms with Gasteiger partial charge in [-0.05, 0) is 25.3 Å². The van der Waals surface area contributed by atoms with Crippen LogP contribution < -0.4 is 4.90 Å². The molecule has 20 heavy (non-hydrogen) atoms. The third kappa shape index (κ3) is 3.41. The average Bonchev–Trinajstić information content (AvgIpc) is 2.50. The molecule has 0 atom stereocenters. The molecule has 2 aromatic rings. The first-order valence-electron chi connectivity index (χ1n) is 7.07. The van der Waals surface area contributed by atoms with Gasteiger partial charge in [0.25, 0.3) is 0 Å². The van der Waals surface area contributed by atoms with Crippen LogP contribution in [0.25, 0.3) is 10.8 Å². The molecule has 0 bridgehead atoms. The Morgan fingerprint density at radius 2 is 2.05 bits per heavy atom. The maximum Gasteiger partial charge on any atom is 0.136 e. The number of benzene rings is 1. The van der Waals surface area contributed by atoms with Gasteiger partial charge in [0.1, 0.15) is 5.82 Å². The van der Waals surface area contributed by atoms with E-state index in [9.17, 15) is 0 Å². The van der Waals surface area contributed by atoms with Gasteiger partial charge in [-0.1, -0.05) is 24.3 Å². The van der Waals surface area contributed by atoms with Crippen molar-refractivity contribution in [3.8, 4) is 0 Å². The van der Waals surface area contributed by atoms with E-state index in [1.54, 1.807) is 0 Å². The van der Waals surface area contributed by atoms with E-state index in [4.69, 9.17) is 21.3 Å².